The molecule has 0 aromatic heterocycles. The first-order valence-corrected chi connectivity index (χ1v) is 5.93. The Morgan fingerprint density at radius 3 is 2.41 bits per heavy atom. The van der Waals surface area contributed by atoms with Gasteiger partial charge in [-0.1, -0.05) is 54.1 Å². The van der Waals surface area contributed by atoms with Crippen molar-refractivity contribution in [2.24, 2.45) is 0 Å². The Morgan fingerprint density at radius 1 is 1.00 bits per heavy atom. The van der Waals surface area contributed by atoms with E-state index >= 15 is 0 Å². The standard InChI is InChI=1S/C14H12ClNO/c15-13-8-6-11(7-9-13)10-16-14(17-16)12-4-2-1-3-5-12/h1-9,14H,10H2. The van der Waals surface area contributed by atoms with Crippen molar-refractivity contribution >= 4 is 11.6 Å². The molecule has 0 radical (unpaired) electrons. The van der Waals surface area contributed by atoms with Gasteiger partial charge < -0.3 is 0 Å². The first kappa shape index (κ1) is 10.8. The van der Waals surface area contributed by atoms with Crippen LogP contribution in [-0.4, -0.2) is 5.06 Å². The number of benzene rings is 2. The topological polar surface area (TPSA) is 15.5 Å². The highest BCUT2D eigenvalue weighted by Gasteiger charge is 2.37. The molecule has 2 atom stereocenters. The maximum atomic E-state index is 5.84. The van der Waals surface area contributed by atoms with Crippen LogP contribution >= 0.6 is 11.6 Å². The zero-order valence-corrected chi connectivity index (χ0v) is 9.97. The minimum absolute atomic E-state index is 0.104. The van der Waals surface area contributed by atoms with Gasteiger partial charge in [0.25, 0.3) is 0 Å². The van der Waals surface area contributed by atoms with E-state index in [1.54, 1.807) is 0 Å². The van der Waals surface area contributed by atoms with E-state index in [0.29, 0.717) is 0 Å². The van der Waals surface area contributed by atoms with Crippen LogP contribution in [0.3, 0.4) is 0 Å². The van der Waals surface area contributed by atoms with Gasteiger partial charge in [0.05, 0.1) is 6.54 Å². The molecule has 3 heteroatoms. The summed E-state index contributed by atoms with van der Waals surface area (Å²) in [6, 6.07) is 18.1. The molecular weight excluding hydrogens is 234 g/mol. The Kier molecular flexibility index (Phi) is 2.85. The van der Waals surface area contributed by atoms with Gasteiger partial charge in [-0.3, -0.25) is 4.84 Å². The van der Waals surface area contributed by atoms with Crippen LogP contribution in [0, 0.1) is 0 Å². The molecule has 0 amide bonds. The third-order valence-corrected chi connectivity index (χ3v) is 3.04. The van der Waals surface area contributed by atoms with E-state index in [1.807, 2.05) is 47.5 Å². The average molecular weight is 246 g/mol. The van der Waals surface area contributed by atoms with E-state index in [1.165, 1.54) is 11.1 Å². The number of halogens is 1. The monoisotopic (exact) mass is 245 g/mol. The second kappa shape index (κ2) is 4.49. The first-order valence-electron chi connectivity index (χ1n) is 5.56. The van der Waals surface area contributed by atoms with Crippen LogP contribution < -0.4 is 0 Å². The molecule has 2 nitrogen and oxygen atoms in total. The van der Waals surface area contributed by atoms with Gasteiger partial charge in [-0.05, 0) is 23.3 Å². The third kappa shape index (κ3) is 2.50. The van der Waals surface area contributed by atoms with Crippen molar-refractivity contribution in [3.63, 3.8) is 0 Å². The summed E-state index contributed by atoms with van der Waals surface area (Å²) in [7, 11) is 0. The van der Waals surface area contributed by atoms with Gasteiger partial charge in [-0.2, -0.15) is 0 Å². The molecule has 1 fully saturated rings. The Morgan fingerprint density at radius 2 is 1.71 bits per heavy atom. The molecule has 0 bridgehead atoms. The second-order valence-corrected chi connectivity index (χ2v) is 4.51. The molecule has 1 saturated heterocycles. The molecule has 1 aliphatic heterocycles. The quantitative estimate of drug-likeness (QED) is 0.765. The van der Waals surface area contributed by atoms with Gasteiger partial charge >= 0.3 is 0 Å². The SMILES string of the molecule is Clc1ccc(CN2OC2c2ccccc2)cc1. The van der Waals surface area contributed by atoms with Crippen molar-refractivity contribution in [1.82, 2.24) is 5.06 Å². The van der Waals surface area contributed by atoms with Crippen LogP contribution in [0.25, 0.3) is 0 Å². The molecule has 86 valence electrons. The third-order valence-electron chi connectivity index (χ3n) is 2.79. The molecule has 17 heavy (non-hydrogen) atoms. The Bertz CT molecular complexity index is 497. The lowest BCUT2D eigenvalue weighted by atomic mass is 10.2. The number of rotatable bonds is 3. The second-order valence-electron chi connectivity index (χ2n) is 4.07. The van der Waals surface area contributed by atoms with Crippen LogP contribution in [0.15, 0.2) is 54.6 Å². The molecule has 0 spiro atoms. The van der Waals surface area contributed by atoms with Crippen molar-refractivity contribution in [1.29, 1.82) is 0 Å². The summed E-state index contributed by atoms with van der Waals surface area (Å²) in [5, 5.41) is 2.72. The molecular formula is C14H12ClNO. The average Bonchev–Trinajstić information content (AvgIpc) is 3.13. The normalized spacial score (nSPS) is 22.4. The van der Waals surface area contributed by atoms with Gasteiger partial charge in [-0.15, -0.1) is 5.06 Å². The zero-order valence-electron chi connectivity index (χ0n) is 9.21. The molecule has 1 aliphatic rings. The molecule has 0 saturated carbocycles. The molecule has 0 N–H and O–H groups in total. The fourth-order valence-electron chi connectivity index (χ4n) is 1.84. The molecule has 2 unspecified atom stereocenters. The van der Waals surface area contributed by atoms with Crippen LogP contribution in [0.2, 0.25) is 5.02 Å². The highest BCUT2D eigenvalue weighted by Crippen LogP contribution is 2.38. The van der Waals surface area contributed by atoms with Crippen LogP contribution in [-0.2, 0) is 11.4 Å². The Hall–Kier alpha value is -1.35. The fraction of sp³-hybridized carbons (Fsp3) is 0.143. The number of hydrogen-bond acceptors (Lipinski definition) is 2. The van der Waals surface area contributed by atoms with Gasteiger partial charge in [0.15, 0.2) is 6.23 Å². The lowest BCUT2D eigenvalue weighted by molar-refractivity contribution is 0.192. The minimum Gasteiger partial charge on any atom is -0.270 e. The van der Waals surface area contributed by atoms with Gasteiger partial charge in [0, 0.05) is 5.02 Å². The Balaban J connectivity index is 1.64. The van der Waals surface area contributed by atoms with Crippen LogP contribution in [0.1, 0.15) is 17.4 Å². The predicted octanol–water partition coefficient (Wildman–Crippen LogP) is 3.79. The molecule has 1 heterocycles. The lowest BCUT2D eigenvalue weighted by Gasteiger charge is -2.00. The fourth-order valence-corrected chi connectivity index (χ4v) is 1.96. The van der Waals surface area contributed by atoms with Crippen molar-refractivity contribution in [2.75, 3.05) is 0 Å². The summed E-state index contributed by atoms with van der Waals surface area (Å²) in [5.41, 5.74) is 2.40. The van der Waals surface area contributed by atoms with E-state index in [4.69, 9.17) is 16.4 Å². The van der Waals surface area contributed by atoms with Crippen LogP contribution in [0.4, 0.5) is 0 Å². The van der Waals surface area contributed by atoms with E-state index < -0.39 is 0 Å². The summed E-state index contributed by atoms with van der Waals surface area (Å²) in [6.07, 6.45) is 0.104. The number of hydroxylamine groups is 2. The Labute approximate surface area is 105 Å². The molecule has 2 aromatic rings. The van der Waals surface area contributed by atoms with Gasteiger partial charge in [-0.25, -0.2) is 0 Å². The van der Waals surface area contributed by atoms with Crippen molar-refractivity contribution in [2.45, 2.75) is 12.8 Å². The summed E-state index contributed by atoms with van der Waals surface area (Å²) in [5.74, 6) is 0. The maximum absolute atomic E-state index is 5.84. The summed E-state index contributed by atoms with van der Waals surface area (Å²) in [6.45, 7) is 0.788. The predicted molar refractivity (Wildman–Crippen MR) is 67.3 cm³/mol. The summed E-state index contributed by atoms with van der Waals surface area (Å²) < 4.78 is 0. The number of nitrogens with zero attached hydrogens (tertiary/aromatic N) is 1. The van der Waals surface area contributed by atoms with Crippen molar-refractivity contribution in [3.8, 4) is 0 Å². The minimum atomic E-state index is 0.104. The zero-order chi connectivity index (χ0) is 11.7. The van der Waals surface area contributed by atoms with E-state index in [9.17, 15) is 0 Å². The van der Waals surface area contributed by atoms with E-state index in [0.717, 1.165) is 11.6 Å². The highest BCUT2D eigenvalue weighted by atomic mass is 35.5. The molecule has 3 rings (SSSR count). The lowest BCUT2D eigenvalue weighted by Crippen LogP contribution is -1.98. The van der Waals surface area contributed by atoms with Gasteiger partial charge in [0.1, 0.15) is 0 Å². The largest absolute Gasteiger partial charge is 0.270 e. The van der Waals surface area contributed by atoms with E-state index in [-0.39, 0.29) is 6.23 Å². The van der Waals surface area contributed by atoms with E-state index in [2.05, 4.69) is 12.1 Å². The smallest absolute Gasteiger partial charge is 0.180 e. The first-order chi connectivity index (χ1) is 8.33. The van der Waals surface area contributed by atoms with Crippen molar-refractivity contribution in [3.05, 3.63) is 70.7 Å². The summed E-state index contributed by atoms with van der Waals surface area (Å²) in [4.78, 5) is 5.54. The van der Waals surface area contributed by atoms with Crippen molar-refractivity contribution < 1.29 is 4.84 Å². The number of hydrogen-bond donors (Lipinski definition) is 0. The molecule has 2 aromatic carbocycles. The maximum Gasteiger partial charge on any atom is 0.180 e. The summed E-state index contributed by atoms with van der Waals surface area (Å²) >= 11 is 5.84. The van der Waals surface area contributed by atoms with Gasteiger partial charge in [0.2, 0.25) is 0 Å². The van der Waals surface area contributed by atoms with Crippen LogP contribution in [0.5, 0.6) is 0 Å². The highest BCUT2D eigenvalue weighted by molar-refractivity contribution is 6.30. The molecule has 0 aliphatic carbocycles.